The molecule has 2 aliphatic rings. The number of hydrogen-bond acceptors (Lipinski definition) is 4. The summed E-state index contributed by atoms with van der Waals surface area (Å²) < 4.78 is 5.86. The van der Waals surface area contributed by atoms with Crippen molar-refractivity contribution in [2.45, 2.75) is 32.6 Å². The summed E-state index contributed by atoms with van der Waals surface area (Å²) in [7, 11) is 0. The molecule has 5 nitrogen and oxygen atoms in total. The zero-order valence-corrected chi connectivity index (χ0v) is 15.9. The molecule has 2 aliphatic heterocycles. The number of H-pyrrole nitrogens is 1. The molecule has 0 radical (unpaired) electrons. The molecule has 0 spiro atoms. The van der Waals surface area contributed by atoms with E-state index in [1.165, 1.54) is 16.5 Å². The number of morpholine rings is 1. The number of aromatic nitrogens is 1. The molecule has 0 unspecified atom stereocenters. The Hall–Kier alpha value is -1.40. The lowest BCUT2D eigenvalue weighted by atomic mass is 9.96. The summed E-state index contributed by atoms with van der Waals surface area (Å²) in [5.41, 5.74) is 2.54. The fourth-order valence-corrected chi connectivity index (χ4v) is 4.80. The lowest BCUT2D eigenvalue weighted by molar-refractivity contribution is -0.0727. The van der Waals surface area contributed by atoms with Gasteiger partial charge in [0, 0.05) is 57.6 Å². The average Bonchev–Trinajstić information content (AvgIpc) is 3.20. The van der Waals surface area contributed by atoms with Gasteiger partial charge in [-0.3, -0.25) is 9.80 Å². The highest BCUT2D eigenvalue weighted by Gasteiger charge is 2.34. The summed E-state index contributed by atoms with van der Waals surface area (Å²) in [6.45, 7) is 10.7. The number of aliphatic hydroxyl groups is 1. The van der Waals surface area contributed by atoms with Gasteiger partial charge in [-0.2, -0.15) is 0 Å². The van der Waals surface area contributed by atoms with Crippen LogP contribution in [0.3, 0.4) is 0 Å². The Morgan fingerprint density at radius 1 is 1.04 bits per heavy atom. The monoisotopic (exact) mass is 357 g/mol. The normalized spacial score (nSPS) is 31.0. The number of hydrogen-bond donors (Lipinski definition) is 2. The summed E-state index contributed by atoms with van der Waals surface area (Å²) in [6.07, 6.45) is 2.60. The standard InChI is InChI=1S/C21H31N3O2/c1-15-8-23(9-16(2)26-15)11-19-12-24(13-20(19)14-25)10-17-3-4-21-18(7-17)5-6-22-21/h3-7,15-16,19-20,22,25H,8-14H2,1-2H3/t15-,16+,19-,20-/m1/s1. The second-order valence-electron chi connectivity index (χ2n) is 8.27. The van der Waals surface area contributed by atoms with E-state index in [1.807, 2.05) is 6.20 Å². The number of benzene rings is 1. The van der Waals surface area contributed by atoms with Gasteiger partial charge in [0.25, 0.3) is 0 Å². The first-order valence-electron chi connectivity index (χ1n) is 9.87. The molecule has 2 saturated heterocycles. The third-order valence-electron chi connectivity index (χ3n) is 5.90. The minimum atomic E-state index is 0.285. The Morgan fingerprint density at radius 3 is 2.58 bits per heavy atom. The van der Waals surface area contributed by atoms with Crippen molar-refractivity contribution in [2.24, 2.45) is 11.8 Å². The van der Waals surface area contributed by atoms with Gasteiger partial charge in [-0.15, -0.1) is 0 Å². The van der Waals surface area contributed by atoms with E-state index in [4.69, 9.17) is 4.74 Å². The van der Waals surface area contributed by atoms with Gasteiger partial charge in [-0.1, -0.05) is 6.07 Å². The zero-order valence-electron chi connectivity index (χ0n) is 15.9. The van der Waals surface area contributed by atoms with Crippen molar-refractivity contribution >= 4 is 10.9 Å². The van der Waals surface area contributed by atoms with Crippen molar-refractivity contribution in [1.29, 1.82) is 0 Å². The van der Waals surface area contributed by atoms with Crippen LogP contribution in [0, 0.1) is 11.8 Å². The van der Waals surface area contributed by atoms with Gasteiger partial charge in [0.2, 0.25) is 0 Å². The van der Waals surface area contributed by atoms with E-state index in [9.17, 15) is 5.11 Å². The second-order valence-corrected chi connectivity index (χ2v) is 8.27. The largest absolute Gasteiger partial charge is 0.396 e. The minimum absolute atomic E-state index is 0.285. The van der Waals surface area contributed by atoms with Crippen molar-refractivity contribution in [3.63, 3.8) is 0 Å². The van der Waals surface area contributed by atoms with Crippen LogP contribution >= 0.6 is 0 Å². The Balaban J connectivity index is 1.38. The van der Waals surface area contributed by atoms with Gasteiger partial charge in [-0.25, -0.2) is 0 Å². The predicted molar refractivity (Wildman–Crippen MR) is 104 cm³/mol. The molecule has 5 heteroatoms. The third-order valence-corrected chi connectivity index (χ3v) is 5.90. The molecule has 1 aromatic carbocycles. The maximum atomic E-state index is 9.89. The molecular formula is C21H31N3O2. The van der Waals surface area contributed by atoms with Gasteiger partial charge in [-0.05, 0) is 54.8 Å². The number of nitrogens with one attached hydrogen (secondary N) is 1. The molecule has 0 bridgehead atoms. The number of aromatic amines is 1. The van der Waals surface area contributed by atoms with Crippen LogP contribution in [0.15, 0.2) is 30.5 Å². The summed E-state index contributed by atoms with van der Waals surface area (Å²) in [5, 5.41) is 11.2. The second kappa shape index (κ2) is 7.69. The summed E-state index contributed by atoms with van der Waals surface area (Å²) >= 11 is 0. The van der Waals surface area contributed by atoms with Crippen molar-refractivity contribution < 1.29 is 9.84 Å². The number of rotatable bonds is 5. The smallest absolute Gasteiger partial charge is 0.0678 e. The molecule has 4 rings (SSSR count). The molecule has 26 heavy (non-hydrogen) atoms. The topological polar surface area (TPSA) is 51.7 Å². The Bertz CT molecular complexity index is 721. The highest BCUT2D eigenvalue weighted by molar-refractivity contribution is 5.79. The first-order valence-corrected chi connectivity index (χ1v) is 9.87. The maximum Gasteiger partial charge on any atom is 0.0678 e. The summed E-state index contributed by atoms with van der Waals surface area (Å²) in [4.78, 5) is 8.29. The molecule has 0 saturated carbocycles. The molecule has 1 aromatic heterocycles. The van der Waals surface area contributed by atoms with Gasteiger partial charge >= 0.3 is 0 Å². The number of fused-ring (bicyclic) bond motifs is 1. The first-order chi connectivity index (χ1) is 12.6. The van der Waals surface area contributed by atoms with Crippen LogP contribution in [-0.2, 0) is 11.3 Å². The maximum absolute atomic E-state index is 9.89. The van der Waals surface area contributed by atoms with Crippen LogP contribution < -0.4 is 0 Å². The van der Waals surface area contributed by atoms with Crippen molar-refractivity contribution in [3.8, 4) is 0 Å². The molecule has 142 valence electrons. The number of nitrogens with zero attached hydrogens (tertiary/aromatic N) is 2. The minimum Gasteiger partial charge on any atom is -0.396 e. The lowest BCUT2D eigenvalue weighted by Crippen LogP contribution is -2.48. The van der Waals surface area contributed by atoms with Crippen LogP contribution in [0.25, 0.3) is 10.9 Å². The van der Waals surface area contributed by atoms with E-state index in [1.54, 1.807) is 0 Å². The van der Waals surface area contributed by atoms with Crippen LogP contribution in [0.1, 0.15) is 19.4 Å². The summed E-state index contributed by atoms with van der Waals surface area (Å²) in [5.74, 6) is 0.910. The first kappa shape index (κ1) is 18.0. The number of aliphatic hydroxyl groups excluding tert-OH is 1. The van der Waals surface area contributed by atoms with Crippen molar-refractivity contribution in [1.82, 2.24) is 14.8 Å². The van der Waals surface area contributed by atoms with E-state index in [0.29, 0.717) is 24.0 Å². The van der Waals surface area contributed by atoms with Gasteiger partial charge < -0.3 is 14.8 Å². The molecule has 0 aliphatic carbocycles. The van der Waals surface area contributed by atoms with Crippen LogP contribution in [-0.4, -0.2) is 71.4 Å². The van der Waals surface area contributed by atoms with Crippen molar-refractivity contribution in [2.75, 3.05) is 39.3 Å². The van der Waals surface area contributed by atoms with E-state index in [-0.39, 0.29) is 6.61 Å². The number of likely N-dealkylation sites (tertiary alicyclic amines) is 1. The van der Waals surface area contributed by atoms with E-state index < -0.39 is 0 Å². The van der Waals surface area contributed by atoms with Gasteiger partial charge in [0.05, 0.1) is 12.2 Å². The fourth-order valence-electron chi connectivity index (χ4n) is 4.80. The molecule has 2 N–H and O–H groups in total. The highest BCUT2D eigenvalue weighted by Crippen LogP contribution is 2.27. The van der Waals surface area contributed by atoms with E-state index >= 15 is 0 Å². The van der Waals surface area contributed by atoms with Crippen LogP contribution in [0.2, 0.25) is 0 Å². The average molecular weight is 357 g/mol. The number of ether oxygens (including phenoxy) is 1. The molecule has 2 fully saturated rings. The van der Waals surface area contributed by atoms with E-state index in [2.05, 4.69) is 52.9 Å². The SMILES string of the molecule is C[C@@H]1CN(C[C@@H]2CN(Cc3ccc4[nH]ccc4c3)C[C@@H]2CO)C[C@H](C)O1. The lowest BCUT2D eigenvalue weighted by Gasteiger charge is -2.37. The fraction of sp³-hybridized carbons (Fsp3) is 0.619. The zero-order chi connectivity index (χ0) is 18.1. The van der Waals surface area contributed by atoms with Crippen molar-refractivity contribution in [3.05, 3.63) is 36.0 Å². The van der Waals surface area contributed by atoms with Crippen LogP contribution in [0.4, 0.5) is 0 Å². The molecule has 3 heterocycles. The summed E-state index contributed by atoms with van der Waals surface area (Å²) in [6, 6.07) is 8.78. The Kier molecular flexibility index (Phi) is 5.32. The Labute approximate surface area is 155 Å². The molecule has 0 amide bonds. The van der Waals surface area contributed by atoms with E-state index in [0.717, 1.165) is 39.3 Å². The predicted octanol–water partition coefficient (Wildman–Crippen LogP) is 2.32. The third kappa shape index (κ3) is 3.96. The highest BCUT2D eigenvalue weighted by atomic mass is 16.5. The molecule has 4 atom stereocenters. The Morgan fingerprint density at radius 2 is 1.81 bits per heavy atom. The van der Waals surface area contributed by atoms with Gasteiger partial charge in [0.15, 0.2) is 0 Å². The quantitative estimate of drug-likeness (QED) is 0.862. The van der Waals surface area contributed by atoms with Crippen LogP contribution in [0.5, 0.6) is 0 Å². The molecular weight excluding hydrogens is 326 g/mol. The van der Waals surface area contributed by atoms with Gasteiger partial charge in [0.1, 0.15) is 0 Å². The molecule has 2 aromatic rings.